The van der Waals surface area contributed by atoms with Crippen LogP contribution in [0.1, 0.15) is 4.88 Å². The Morgan fingerprint density at radius 1 is 1.32 bits per heavy atom. The molecule has 2 aromatic rings. The molecule has 0 saturated carbocycles. The molecule has 19 heavy (non-hydrogen) atoms. The van der Waals surface area contributed by atoms with Gasteiger partial charge in [-0.1, -0.05) is 0 Å². The Morgan fingerprint density at radius 2 is 2.05 bits per heavy atom. The number of halogens is 1. The summed E-state index contributed by atoms with van der Waals surface area (Å²) in [5, 5.41) is 17.6. The number of nitrogens with zero attached hydrogens (tertiary/aromatic N) is 1. The molecule has 98 valence electrons. The van der Waals surface area contributed by atoms with Crippen molar-refractivity contribution in [1.82, 2.24) is 0 Å². The van der Waals surface area contributed by atoms with Gasteiger partial charge in [-0.05, 0) is 24.3 Å². The summed E-state index contributed by atoms with van der Waals surface area (Å²) >= 11 is 0.812. The average molecular weight is 298 g/mol. The van der Waals surface area contributed by atoms with Crippen LogP contribution < -0.4 is 4.72 Å². The maximum absolute atomic E-state index is 13.1. The molecule has 0 aliphatic heterocycles. The highest BCUT2D eigenvalue weighted by Gasteiger charge is 2.17. The fourth-order valence-corrected chi connectivity index (χ4v) is 3.45. The van der Waals surface area contributed by atoms with Gasteiger partial charge in [0, 0.05) is 6.07 Å². The van der Waals surface area contributed by atoms with E-state index in [1.807, 2.05) is 6.07 Å². The molecule has 8 heteroatoms. The van der Waals surface area contributed by atoms with E-state index in [0.29, 0.717) is 0 Å². The molecule has 1 heterocycles. The van der Waals surface area contributed by atoms with E-state index < -0.39 is 21.6 Å². The number of nitrogens with one attached hydrogen (secondary N) is 1. The molecule has 2 rings (SSSR count). The quantitative estimate of drug-likeness (QED) is 0.850. The number of phenolic OH excluding ortho intramolecular Hbond substituents is 1. The van der Waals surface area contributed by atoms with Crippen LogP contribution in [0.3, 0.4) is 0 Å². The SMILES string of the molecule is N#Cc1ccc(S(=O)(=O)Nc2ccc(O)c(F)c2)s1. The lowest BCUT2D eigenvalue weighted by atomic mass is 10.3. The van der Waals surface area contributed by atoms with Gasteiger partial charge in [-0.25, -0.2) is 12.8 Å². The van der Waals surface area contributed by atoms with E-state index in [1.54, 1.807) is 0 Å². The fraction of sp³-hybridized carbons (Fsp3) is 0. The molecule has 5 nitrogen and oxygen atoms in total. The van der Waals surface area contributed by atoms with Gasteiger partial charge in [0.1, 0.15) is 15.2 Å². The van der Waals surface area contributed by atoms with Crippen LogP contribution in [-0.2, 0) is 10.0 Å². The number of nitriles is 1. The Kier molecular flexibility index (Phi) is 3.42. The second kappa shape index (κ2) is 4.87. The van der Waals surface area contributed by atoms with Gasteiger partial charge < -0.3 is 5.11 Å². The third kappa shape index (κ3) is 2.83. The highest BCUT2D eigenvalue weighted by atomic mass is 32.2. The van der Waals surface area contributed by atoms with Gasteiger partial charge in [0.2, 0.25) is 0 Å². The van der Waals surface area contributed by atoms with E-state index >= 15 is 0 Å². The maximum atomic E-state index is 13.1. The van der Waals surface area contributed by atoms with Crippen molar-refractivity contribution in [3.63, 3.8) is 0 Å². The standard InChI is InChI=1S/C11H7FN2O3S2/c12-9-5-7(1-3-10(9)15)14-19(16,17)11-4-2-8(6-13)18-11/h1-5,14-15H. The summed E-state index contributed by atoms with van der Waals surface area (Å²) in [4.78, 5) is 0.261. The van der Waals surface area contributed by atoms with Crippen molar-refractivity contribution in [2.24, 2.45) is 0 Å². The van der Waals surface area contributed by atoms with Gasteiger partial charge in [0.05, 0.1) is 5.69 Å². The molecular weight excluding hydrogens is 291 g/mol. The molecule has 0 radical (unpaired) electrons. The van der Waals surface area contributed by atoms with E-state index in [2.05, 4.69) is 4.72 Å². The van der Waals surface area contributed by atoms with Crippen LogP contribution in [0.4, 0.5) is 10.1 Å². The van der Waals surface area contributed by atoms with Gasteiger partial charge in [-0.2, -0.15) is 5.26 Å². The van der Waals surface area contributed by atoms with Crippen molar-refractivity contribution >= 4 is 27.0 Å². The van der Waals surface area contributed by atoms with Gasteiger partial charge in [0.15, 0.2) is 11.6 Å². The molecule has 0 bridgehead atoms. The topological polar surface area (TPSA) is 90.2 Å². The Hall–Kier alpha value is -2.11. The minimum atomic E-state index is -3.86. The number of hydrogen-bond donors (Lipinski definition) is 2. The number of thiophene rings is 1. The van der Waals surface area contributed by atoms with Gasteiger partial charge in [-0.15, -0.1) is 11.3 Å². The molecule has 0 unspecified atom stereocenters. The minimum absolute atomic E-state index is 0.0118. The first kappa shape index (κ1) is 13.3. The van der Waals surface area contributed by atoms with E-state index in [0.717, 1.165) is 23.5 Å². The van der Waals surface area contributed by atoms with Crippen molar-refractivity contribution in [3.8, 4) is 11.8 Å². The Bertz CT molecular complexity index is 762. The monoisotopic (exact) mass is 298 g/mol. The van der Waals surface area contributed by atoms with Crippen molar-refractivity contribution < 1.29 is 17.9 Å². The molecule has 0 saturated heterocycles. The van der Waals surface area contributed by atoms with Crippen LogP contribution in [-0.4, -0.2) is 13.5 Å². The van der Waals surface area contributed by atoms with E-state index in [4.69, 9.17) is 10.4 Å². The lowest BCUT2D eigenvalue weighted by Gasteiger charge is -2.06. The Labute approximate surface area is 112 Å². The number of rotatable bonds is 3. The molecule has 0 aliphatic carbocycles. The van der Waals surface area contributed by atoms with Crippen molar-refractivity contribution in [2.45, 2.75) is 4.21 Å². The first-order chi connectivity index (χ1) is 8.92. The largest absolute Gasteiger partial charge is 0.505 e. The van der Waals surface area contributed by atoms with Crippen LogP contribution >= 0.6 is 11.3 Å². The highest BCUT2D eigenvalue weighted by Crippen LogP contribution is 2.25. The molecule has 1 aromatic heterocycles. The van der Waals surface area contributed by atoms with Crippen molar-refractivity contribution in [1.29, 1.82) is 5.26 Å². The lowest BCUT2D eigenvalue weighted by Crippen LogP contribution is -2.11. The van der Waals surface area contributed by atoms with Crippen LogP contribution in [0.15, 0.2) is 34.5 Å². The Balaban J connectivity index is 2.31. The summed E-state index contributed by atoms with van der Waals surface area (Å²) in [5.41, 5.74) is -0.0118. The zero-order chi connectivity index (χ0) is 14.0. The lowest BCUT2D eigenvalue weighted by molar-refractivity contribution is 0.432. The second-order valence-corrected chi connectivity index (χ2v) is 6.50. The van der Waals surface area contributed by atoms with E-state index in [1.165, 1.54) is 18.2 Å². The molecule has 2 N–H and O–H groups in total. The summed E-state index contributed by atoms with van der Waals surface area (Å²) in [6.07, 6.45) is 0. The van der Waals surface area contributed by atoms with Crippen LogP contribution in [0, 0.1) is 17.1 Å². The zero-order valence-electron chi connectivity index (χ0n) is 9.29. The third-order valence-corrected chi connectivity index (χ3v) is 5.02. The highest BCUT2D eigenvalue weighted by molar-refractivity contribution is 7.94. The normalized spacial score (nSPS) is 10.9. The summed E-state index contributed by atoms with van der Waals surface area (Å²) < 4.78 is 39.1. The number of anilines is 1. The molecule has 0 spiro atoms. The fourth-order valence-electron chi connectivity index (χ4n) is 1.30. The van der Waals surface area contributed by atoms with Gasteiger partial charge in [-0.3, -0.25) is 4.72 Å². The maximum Gasteiger partial charge on any atom is 0.271 e. The molecule has 1 aromatic carbocycles. The first-order valence-electron chi connectivity index (χ1n) is 4.93. The Morgan fingerprint density at radius 3 is 2.63 bits per heavy atom. The summed E-state index contributed by atoms with van der Waals surface area (Å²) in [6, 6.07) is 7.65. The number of phenols is 1. The van der Waals surface area contributed by atoms with Gasteiger partial charge in [0.25, 0.3) is 10.0 Å². The predicted molar refractivity (Wildman–Crippen MR) is 67.9 cm³/mol. The minimum Gasteiger partial charge on any atom is -0.505 e. The predicted octanol–water partition coefficient (Wildman–Crippen LogP) is 2.27. The average Bonchev–Trinajstić information content (AvgIpc) is 2.83. The molecule has 0 fully saturated rings. The van der Waals surface area contributed by atoms with E-state index in [-0.39, 0.29) is 14.8 Å². The first-order valence-corrected chi connectivity index (χ1v) is 7.23. The molecular formula is C11H7FN2O3S2. The number of aromatic hydroxyl groups is 1. The zero-order valence-corrected chi connectivity index (χ0v) is 10.9. The van der Waals surface area contributed by atoms with Crippen LogP contribution in [0.25, 0.3) is 0 Å². The van der Waals surface area contributed by atoms with Crippen LogP contribution in [0.2, 0.25) is 0 Å². The third-order valence-electron chi connectivity index (χ3n) is 2.16. The van der Waals surface area contributed by atoms with Crippen LogP contribution in [0.5, 0.6) is 5.75 Å². The second-order valence-electron chi connectivity index (χ2n) is 3.50. The number of benzene rings is 1. The summed E-state index contributed by atoms with van der Waals surface area (Å²) in [6.45, 7) is 0. The summed E-state index contributed by atoms with van der Waals surface area (Å²) in [5.74, 6) is -1.49. The summed E-state index contributed by atoms with van der Waals surface area (Å²) in [7, 11) is -3.86. The molecule has 0 aliphatic rings. The molecule has 0 amide bonds. The smallest absolute Gasteiger partial charge is 0.271 e. The van der Waals surface area contributed by atoms with Crippen molar-refractivity contribution in [2.75, 3.05) is 4.72 Å². The molecule has 0 atom stereocenters. The van der Waals surface area contributed by atoms with Gasteiger partial charge >= 0.3 is 0 Å². The number of sulfonamides is 1. The number of hydrogen-bond acceptors (Lipinski definition) is 5. The van der Waals surface area contributed by atoms with Crippen molar-refractivity contribution in [3.05, 3.63) is 41.0 Å². The van der Waals surface area contributed by atoms with E-state index in [9.17, 15) is 12.8 Å².